The highest BCUT2D eigenvalue weighted by Crippen LogP contribution is 2.22. The molecule has 0 amide bonds. The van der Waals surface area contributed by atoms with Gasteiger partial charge >= 0.3 is 0 Å². The summed E-state index contributed by atoms with van der Waals surface area (Å²) in [5.74, 6) is 0.247. The third-order valence-electron chi connectivity index (χ3n) is 6.01. The quantitative estimate of drug-likeness (QED) is 0.548. The molecule has 8 heteroatoms. The molecule has 2 aromatic rings. The minimum absolute atomic E-state index is 0.0230. The maximum atomic E-state index is 13.5. The number of hydrogen-bond donors (Lipinski definition) is 2. The number of piperidine rings is 1. The number of nitrogens with one attached hydrogen (secondary N) is 2. The molecule has 2 aliphatic rings. The minimum Gasteiger partial charge on any atom is -0.314 e. The molecule has 2 atom stereocenters. The highest BCUT2D eigenvalue weighted by Gasteiger charge is 2.28. The number of hydrogen-bond acceptors (Lipinski definition) is 7. The lowest BCUT2D eigenvalue weighted by Crippen LogP contribution is -2.47. The average Bonchev–Trinajstić information content (AvgIpc) is 2.74. The Bertz CT molecular complexity index is 972. The molecule has 1 aromatic carbocycles. The highest BCUT2D eigenvalue weighted by atomic mass is 16.2. The van der Waals surface area contributed by atoms with Gasteiger partial charge in [0.2, 0.25) is 5.78 Å². The van der Waals surface area contributed by atoms with Crippen LogP contribution in [0.4, 0.5) is 0 Å². The molecule has 2 N–H and O–H groups in total. The van der Waals surface area contributed by atoms with Crippen LogP contribution in [0.15, 0.2) is 23.0 Å². The van der Waals surface area contributed by atoms with Gasteiger partial charge in [-0.05, 0) is 31.4 Å². The van der Waals surface area contributed by atoms with Crippen LogP contribution in [0.25, 0.3) is 10.9 Å². The number of carbonyl (C=O) groups is 2. The second-order valence-corrected chi connectivity index (χ2v) is 7.88. The lowest BCUT2D eigenvalue weighted by Gasteiger charge is -2.31. The summed E-state index contributed by atoms with van der Waals surface area (Å²) in [6.45, 7) is 6.90. The Morgan fingerprint density at radius 1 is 1.28 bits per heavy atom. The highest BCUT2D eigenvalue weighted by molar-refractivity contribution is 6.27. The van der Waals surface area contributed by atoms with E-state index < -0.39 is 11.8 Å². The number of piperazine rings is 1. The van der Waals surface area contributed by atoms with Crippen molar-refractivity contribution in [2.24, 2.45) is 0 Å². The van der Waals surface area contributed by atoms with Crippen molar-refractivity contribution < 1.29 is 9.59 Å². The predicted molar refractivity (Wildman–Crippen MR) is 110 cm³/mol. The molecule has 0 aliphatic carbocycles. The number of nitrogens with zero attached hydrogens (tertiary/aromatic N) is 3. The molecule has 2 aliphatic heterocycles. The molecule has 2 saturated heterocycles. The number of aromatic nitrogens is 2. The summed E-state index contributed by atoms with van der Waals surface area (Å²) < 4.78 is 1.76. The van der Waals surface area contributed by atoms with Gasteiger partial charge in [0.15, 0.2) is 6.29 Å². The van der Waals surface area contributed by atoms with Gasteiger partial charge in [-0.1, -0.05) is 12.1 Å². The Morgan fingerprint density at radius 3 is 2.76 bits per heavy atom. The number of aryl methyl sites for hydroxylation is 1. The van der Waals surface area contributed by atoms with Crippen LogP contribution >= 0.6 is 0 Å². The van der Waals surface area contributed by atoms with Gasteiger partial charge in [-0.3, -0.25) is 23.9 Å². The van der Waals surface area contributed by atoms with Gasteiger partial charge in [0.1, 0.15) is 5.82 Å². The van der Waals surface area contributed by atoms with E-state index in [-0.39, 0.29) is 11.6 Å². The SMILES string of the molecule is Cc1nc2cccc(CN3CCNCC3)c2c(=O)n1C1CCC(C(=O)C=O)NC1. The summed E-state index contributed by atoms with van der Waals surface area (Å²) in [6.07, 6.45) is 1.56. The number of rotatable bonds is 5. The third kappa shape index (κ3) is 4.01. The molecular weight excluding hydrogens is 370 g/mol. The van der Waals surface area contributed by atoms with Crippen LogP contribution in [0.1, 0.15) is 30.3 Å². The Hall–Kier alpha value is -2.42. The second-order valence-electron chi connectivity index (χ2n) is 7.88. The number of ketones is 1. The minimum atomic E-state index is -0.448. The standard InChI is InChI=1S/C21H27N5O3/c1-14-24-18-4-2-3-15(12-25-9-7-22-8-10-25)20(18)21(29)26(14)16-5-6-17(23-11-16)19(28)13-27/h2-4,13,16-17,22-23H,5-12H2,1H3. The molecule has 154 valence electrons. The van der Waals surface area contributed by atoms with Crippen LogP contribution in [0.2, 0.25) is 0 Å². The Morgan fingerprint density at radius 2 is 2.07 bits per heavy atom. The fraction of sp³-hybridized carbons (Fsp3) is 0.524. The molecule has 0 saturated carbocycles. The monoisotopic (exact) mass is 397 g/mol. The van der Waals surface area contributed by atoms with Crippen molar-refractivity contribution in [2.75, 3.05) is 32.7 Å². The molecule has 2 unspecified atom stereocenters. The summed E-state index contributed by atoms with van der Waals surface area (Å²) in [4.78, 5) is 43.0. The number of carbonyl (C=O) groups excluding carboxylic acids is 2. The predicted octanol–water partition coefficient (Wildman–Crippen LogP) is 0.171. The zero-order valence-electron chi connectivity index (χ0n) is 16.7. The number of benzene rings is 1. The summed E-state index contributed by atoms with van der Waals surface area (Å²) >= 11 is 0. The molecule has 1 aromatic heterocycles. The van der Waals surface area contributed by atoms with Gasteiger partial charge in [-0.15, -0.1) is 0 Å². The van der Waals surface area contributed by atoms with E-state index in [9.17, 15) is 14.4 Å². The first kappa shape index (κ1) is 19.9. The lowest BCUT2D eigenvalue weighted by molar-refractivity contribution is -0.131. The summed E-state index contributed by atoms with van der Waals surface area (Å²) in [6, 6.07) is 5.35. The molecule has 3 heterocycles. The van der Waals surface area contributed by atoms with Crippen molar-refractivity contribution in [1.29, 1.82) is 0 Å². The Labute approximate surface area is 169 Å². The first-order chi connectivity index (χ1) is 14.1. The number of aldehydes is 1. The fourth-order valence-electron chi connectivity index (χ4n) is 4.48. The summed E-state index contributed by atoms with van der Waals surface area (Å²) in [5, 5.41) is 7.15. The van der Waals surface area contributed by atoms with Gasteiger partial charge in [-0.25, -0.2) is 4.98 Å². The van der Waals surface area contributed by atoms with E-state index >= 15 is 0 Å². The van der Waals surface area contributed by atoms with Gasteiger partial charge < -0.3 is 10.6 Å². The molecule has 29 heavy (non-hydrogen) atoms. The van der Waals surface area contributed by atoms with E-state index in [0.717, 1.165) is 43.8 Å². The topological polar surface area (TPSA) is 96.3 Å². The zero-order valence-corrected chi connectivity index (χ0v) is 16.7. The van der Waals surface area contributed by atoms with Gasteiger partial charge in [-0.2, -0.15) is 0 Å². The lowest BCUT2D eigenvalue weighted by atomic mass is 9.97. The average molecular weight is 397 g/mol. The van der Waals surface area contributed by atoms with Crippen molar-refractivity contribution in [3.8, 4) is 0 Å². The van der Waals surface area contributed by atoms with Crippen LogP contribution in [0.5, 0.6) is 0 Å². The maximum absolute atomic E-state index is 13.5. The zero-order chi connectivity index (χ0) is 20.4. The van der Waals surface area contributed by atoms with Crippen molar-refractivity contribution in [1.82, 2.24) is 25.1 Å². The van der Waals surface area contributed by atoms with E-state index in [2.05, 4.69) is 15.5 Å². The summed E-state index contributed by atoms with van der Waals surface area (Å²) in [5.41, 5.74) is 1.72. The Balaban J connectivity index is 1.66. The van der Waals surface area contributed by atoms with E-state index in [0.29, 0.717) is 36.9 Å². The van der Waals surface area contributed by atoms with Crippen molar-refractivity contribution in [3.05, 3.63) is 39.9 Å². The molecule has 4 rings (SSSR count). The smallest absolute Gasteiger partial charge is 0.262 e. The third-order valence-corrected chi connectivity index (χ3v) is 6.01. The second kappa shape index (κ2) is 8.52. The number of fused-ring (bicyclic) bond motifs is 1. The van der Waals surface area contributed by atoms with Crippen LogP contribution in [0.3, 0.4) is 0 Å². The normalized spacial score (nSPS) is 23.2. The van der Waals surface area contributed by atoms with Crippen LogP contribution in [0, 0.1) is 6.92 Å². The molecule has 8 nitrogen and oxygen atoms in total. The number of Topliss-reactive ketones (excluding diaryl/α,β-unsaturated/α-hetero) is 1. The van der Waals surface area contributed by atoms with Crippen molar-refractivity contribution in [3.63, 3.8) is 0 Å². The largest absolute Gasteiger partial charge is 0.314 e. The van der Waals surface area contributed by atoms with Crippen LogP contribution < -0.4 is 16.2 Å². The van der Waals surface area contributed by atoms with Gasteiger partial charge in [0.25, 0.3) is 5.56 Å². The molecule has 0 bridgehead atoms. The molecule has 2 fully saturated rings. The van der Waals surface area contributed by atoms with E-state index in [1.54, 1.807) is 4.57 Å². The van der Waals surface area contributed by atoms with E-state index in [1.165, 1.54) is 0 Å². The van der Waals surface area contributed by atoms with Crippen LogP contribution in [-0.2, 0) is 16.1 Å². The molecular formula is C21H27N5O3. The first-order valence-electron chi connectivity index (χ1n) is 10.2. The maximum Gasteiger partial charge on any atom is 0.262 e. The Kier molecular flexibility index (Phi) is 5.84. The van der Waals surface area contributed by atoms with E-state index in [1.807, 2.05) is 25.1 Å². The molecule has 0 radical (unpaired) electrons. The first-order valence-corrected chi connectivity index (χ1v) is 10.2. The molecule has 0 spiro atoms. The van der Waals surface area contributed by atoms with Gasteiger partial charge in [0, 0.05) is 39.3 Å². The van der Waals surface area contributed by atoms with Crippen LogP contribution in [-0.4, -0.2) is 65.3 Å². The van der Waals surface area contributed by atoms with Gasteiger partial charge in [0.05, 0.1) is 23.0 Å². The van der Waals surface area contributed by atoms with Crippen molar-refractivity contribution >= 4 is 23.0 Å². The van der Waals surface area contributed by atoms with E-state index in [4.69, 9.17) is 4.98 Å². The fourth-order valence-corrected chi connectivity index (χ4v) is 4.48. The van der Waals surface area contributed by atoms with Crippen molar-refractivity contribution in [2.45, 2.75) is 38.4 Å². The summed E-state index contributed by atoms with van der Waals surface area (Å²) in [7, 11) is 0.